The Morgan fingerprint density at radius 1 is 1.38 bits per heavy atom. The third kappa shape index (κ3) is 3.79. The van der Waals surface area contributed by atoms with E-state index < -0.39 is 0 Å². The first kappa shape index (κ1) is 10.5. The van der Waals surface area contributed by atoms with Gasteiger partial charge in [0.2, 0.25) is 0 Å². The molecule has 72 valence electrons. The average molecular weight is 199 g/mol. The highest BCUT2D eigenvalue weighted by Gasteiger charge is 1.97. The molecule has 1 N–H and O–H groups in total. The number of rotatable bonds is 4. The van der Waals surface area contributed by atoms with Gasteiger partial charge in [-0.05, 0) is 36.7 Å². The van der Waals surface area contributed by atoms with E-state index in [2.05, 4.69) is 24.9 Å². The molecule has 3 heteroatoms. The first-order valence-corrected chi connectivity index (χ1v) is 4.86. The molecule has 1 rings (SSSR count). The maximum Gasteiger partial charge on any atom is 0.124 e. The van der Waals surface area contributed by atoms with Crippen LogP contribution in [-0.2, 0) is 6.54 Å². The van der Waals surface area contributed by atoms with Crippen LogP contribution in [0.4, 0.5) is 4.39 Å². The van der Waals surface area contributed by atoms with E-state index in [9.17, 15) is 4.39 Å². The Balaban J connectivity index is 2.56. The zero-order chi connectivity index (χ0) is 9.68. The van der Waals surface area contributed by atoms with Crippen molar-refractivity contribution in [3.8, 4) is 0 Å². The highest BCUT2D eigenvalue weighted by Crippen LogP contribution is 2.12. The molecule has 1 aromatic carbocycles. The fourth-order valence-corrected chi connectivity index (χ4v) is 1.43. The molecule has 0 atom stereocenters. The number of hydrogen-bond acceptors (Lipinski definition) is 2. The molecular weight excluding hydrogens is 185 g/mol. The largest absolute Gasteiger partial charge is 0.313 e. The molecular formula is C10H14FNS. The maximum atomic E-state index is 12.9. The fourth-order valence-electron chi connectivity index (χ4n) is 1.14. The molecule has 0 bridgehead atoms. The maximum absolute atomic E-state index is 12.9. The van der Waals surface area contributed by atoms with Gasteiger partial charge < -0.3 is 5.32 Å². The Hall–Kier alpha value is -0.540. The van der Waals surface area contributed by atoms with E-state index in [1.165, 1.54) is 12.1 Å². The van der Waals surface area contributed by atoms with Gasteiger partial charge in [-0.1, -0.05) is 6.92 Å². The minimum atomic E-state index is -0.221. The summed E-state index contributed by atoms with van der Waals surface area (Å²) in [7, 11) is 0. The predicted molar refractivity (Wildman–Crippen MR) is 55.6 cm³/mol. The third-order valence-electron chi connectivity index (χ3n) is 1.70. The zero-order valence-electron chi connectivity index (χ0n) is 7.68. The van der Waals surface area contributed by atoms with Crippen molar-refractivity contribution in [1.29, 1.82) is 0 Å². The van der Waals surface area contributed by atoms with E-state index >= 15 is 0 Å². The van der Waals surface area contributed by atoms with Gasteiger partial charge in [0, 0.05) is 11.4 Å². The molecule has 0 aromatic heterocycles. The smallest absolute Gasteiger partial charge is 0.124 e. The molecule has 0 unspecified atom stereocenters. The standard InChI is InChI=1S/C10H14FNS/c1-2-3-12-7-8-4-9(11)6-10(13)5-8/h4-6,12-13H,2-3,7H2,1H3. The number of halogens is 1. The summed E-state index contributed by atoms with van der Waals surface area (Å²) in [5.41, 5.74) is 0.943. The van der Waals surface area contributed by atoms with Gasteiger partial charge in [-0.25, -0.2) is 4.39 Å². The van der Waals surface area contributed by atoms with E-state index in [0.717, 1.165) is 18.5 Å². The van der Waals surface area contributed by atoms with E-state index in [-0.39, 0.29) is 5.82 Å². The van der Waals surface area contributed by atoms with Crippen molar-refractivity contribution in [3.63, 3.8) is 0 Å². The van der Waals surface area contributed by atoms with E-state index in [4.69, 9.17) is 0 Å². The molecule has 0 amide bonds. The SMILES string of the molecule is CCCNCc1cc(F)cc(S)c1. The zero-order valence-corrected chi connectivity index (χ0v) is 8.57. The van der Waals surface area contributed by atoms with Crippen molar-refractivity contribution in [2.45, 2.75) is 24.8 Å². The molecule has 0 fully saturated rings. The summed E-state index contributed by atoms with van der Waals surface area (Å²) in [6.07, 6.45) is 1.09. The van der Waals surface area contributed by atoms with Gasteiger partial charge in [-0.3, -0.25) is 0 Å². The molecule has 0 aliphatic rings. The van der Waals surface area contributed by atoms with Crippen molar-refractivity contribution in [3.05, 3.63) is 29.6 Å². The van der Waals surface area contributed by atoms with Gasteiger partial charge in [-0.15, -0.1) is 12.6 Å². The lowest BCUT2D eigenvalue weighted by Gasteiger charge is -2.04. The van der Waals surface area contributed by atoms with Crippen LogP contribution in [0.1, 0.15) is 18.9 Å². The van der Waals surface area contributed by atoms with Gasteiger partial charge in [0.15, 0.2) is 0 Å². The third-order valence-corrected chi connectivity index (χ3v) is 1.96. The minimum Gasteiger partial charge on any atom is -0.313 e. The first-order chi connectivity index (χ1) is 6.22. The lowest BCUT2D eigenvalue weighted by Crippen LogP contribution is -2.13. The summed E-state index contributed by atoms with van der Waals surface area (Å²) < 4.78 is 12.9. The molecule has 0 heterocycles. The van der Waals surface area contributed by atoms with Crippen molar-refractivity contribution in [1.82, 2.24) is 5.32 Å². The molecule has 0 aliphatic heterocycles. The molecule has 1 nitrogen and oxygen atoms in total. The van der Waals surface area contributed by atoms with Crippen LogP contribution < -0.4 is 5.32 Å². The lowest BCUT2D eigenvalue weighted by atomic mass is 10.2. The quantitative estimate of drug-likeness (QED) is 0.561. The van der Waals surface area contributed by atoms with Crippen LogP contribution in [-0.4, -0.2) is 6.54 Å². The van der Waals surface area contributed by atoms with Crippen molar-refractivity contribution < 1.29 is 4.39 Å². The molecule has 0 saturated heterocycles. The average Bonchev–Trinajstić information content (AvgIpc) is 2.03. The summed E-state index contributed by atoms with van der Waals surface area (Å²) in [4.78, 5) is 0.674. The first-order valence-electron chi connectivity index (χ1n) is 4.41. The monoisotopic (exact) mass is 199 g/mol. The van der Waals surface area contributed by atoms with Gasteiger partial charge in [0.05, 0.1) is 0 Å². The van der Waals surface area contributed by atoms with Crippen molar-refractivity contribution in [2.24, 2.45) is 0 Å². The second-order valence-corrected chi connectivity index (χ2v) is 3.51. The van der Waals surface area contributed by atoms with Gasteiger partial charge in [0.25, 0.3) is 0 Å². The van der Waals surface area contributed by atoms with E-state index in [1.807, 2.05) is 6.07 Å². The molecule has 1 aromatic rings. The van der Waals surface area contributed by atoms with Crippen LogP contribution in [0.3, 0.4) is 0 Å². The van der Waals surface area contributed by atoms with Crippen LogP contribution in [0.2, 0.25) is 0 Å². The number of hydrogen-bond donors (Lipinski definition) is 2. The van der Waals surface area contributed by atoms with Gasteiger partial charge >= 0.3 is 0 Å². The highest BCUT2D eigenvalue weighted by molar-refractivity contribution is 7.80. The van der Waals surface area contributed by atoms with Crippen LogP contribution in [0.25, 0.3) is 0 Å². The summed E-state index contributed by atoms with van der Waals surface area (Å²) in [6, 6.07) is 4.81. The second-order valence-electron chi connectivity index (χ2n) is 2.99. The Morgan fingerprint density at radius 2 is 2.15 bits per heavy atom. The van der Waals surface area contributed by atoms with Crippen LogP contribution >= 0.6 is 12.6 Å². The van der Waals surface area contributed by atoms with Crippen LogP contribution in [0, 0.1) is 5.82 Å². The highest BCUT2D eigenvalue weighted by atomic mass is 32.1. The Kier molecular flexibility index (Phi) is 4.25. The summed E-state index contributed by atoms with van der Waals surface area (Å²) in [6.45, 7) is 3.76. The van der Waals surface area contributed by atoms with Gasteiger partial charge in [0.1, 0.15) is 5.82 Å². The minimum absolute atomic E-state index is 0.221. The summed E-state index contributed by atoms with van der Waals surface area (Å²) >= 11 is 4.10. The number of thiol groups is 1. The Bertz CT molecular complexity index is 255. The fraction of sp³-hybridized carbons (Fsp3) is 0.400. The normalized spacial score (nSPS) is 10.4. The number of nitrogens with one attached hydrogen (secondary N) is 1. The molecule has 0 aliphatic carbocycles. The summed E-state index contributed by atoms with van der Waals surface area (Å²) in [5, 5.41) is 3.21. The topological polar surface area (TPSA) is 12.0 Å². The molecule has 0 saturated carbocycles. The summed E-state index contributed by atoms with van der Waals surface area (Å²) in [5.74, 6) is -0.221. The van der Waals surface area contributed by atoms with E-state index in [0.29, 0.717) is 11.4 Å². The lowest BCUT2D eigenvalue weighted by molar-refractivity contribution is 0.615. The van der Waals surface area contributed by atoms with Crippen molar-refractivity contribution in [2.75, 3.05) is 6.54 Å². The number of benzene rings is 1. The van der Waals surface area contributed by atoms with Crippen LogP contribution in [0.5, 0.6) is 0 Å². The Labute approximate surface area is 83.8 Å². The van der Waals surface area contributed by atoms with Crippen LogP contribution in [0.15, 0.2) is 23.1 Å². The van der Waals surface area contributed by atoms with Crippen molar-refractivity contribution >= 4 is 12.6 Å². The second kappa shape index (κ2) is 5.25. The molecule has 0 spiro atoms. The predicted octanol–water partition coefficient (Wildman–Crippen LogP) is 2.61. The molecule has 13 heavy (non-hydrogen) atoms. The van der Waals surface area contributed by atoms with Gasteiger partial charge in [-0.2, -0.15) is 0 Å². The Morgan fingerprint density at radius 3 is 2.77 bits per heavy atom. The molecule has 0 radical (unpaired) electrons. The van der Waals surface area contributed by atoms with E-state index in [1.54, 1.807) is 0 Å².